The van der Waals surface area contributed by atoms with E-state index in [4.69, 9.17) is 4.74 Å². The molecule has 0 aliphatic carbocycles. The first kappa shape index (κ1) is 18.4. The van der Waals surface area contributed by atoms with Gasteiger partial charge in [0.2, 0.25) is 0 Å². The second kappa shape index (κ2) is 9.38. The molecule has 1 amide bonds. The van der Waals surface area contributed by atoms with Crippen LogP contribution in [0.1, 0.15) is 22.3 Å². The van der Waals surface area contributed by atoms with Gasteiger partial charge in [-0.1, -0.05) is 35.9 Å². The fraction of sp³-hybridized carbons (Fsp3) is 0.350. The molecular formula is C20H25NO2S. The maximum atomic E-state index is 11.8. The van der Waals surface area contributed by atoms with E-state index in [0.29, 0.717) is 6.54 Å². The molecule has 2 aromatic carbocycles. The molecule has 0 aliphatic rings. The average molecular weight is 343 g/mol. The third-order valence-electron chi connectivity index (χ3n) is 3.77. The number of hydrogen-bond donors (Lipinski definition) is 1. The minimum atomic E-state index is -0.0793. The van der Waals surface area contributed by atoms with Crippen LogP contribution in [0, 0.1) is 20.8 Å². The molecular weight excluding hydrogens is 318 g/mol. The van der Waals surface area contributed by atoms with Gasteiger partial charge in [0.05, 0.1) is 0 Å². The maximum Gasteiger partial charge on any atom is 0.257 e. The molecule has 24 heavy (non-hydrogen) atoms. The molecule has 0 heterocycles. The van der Waals surface area contributed by atoms with Crippen LogP contribution in [0.3, 0.4) is 0 Å². The number of thioether (sulfide) groups is 1. The van der Waals surface area contributed by atoms with Gasteiger partial charge >= 0.3 is 0 Å². The summed E-state index contributed by atoms with van der Waals surface area (Å²) in [6.07, 6.45) is 0. The predicted octanol–water partition coefficient (Wildman–Crippen LogP) is 4.04. The van der Waals surface area contributed by atoms with Gasteiger partial charge in [0.1, 0.15) is 5.75 Å². The van der Waals surface area contributed by atoms with Crippen molar-refractivity contribution in [3.8, 4) is 5.75 Å². The summed E-state index contributed by atoms with van der Waals surface area (Å²) >= 11 is 1.82. The average Bonchev–Trinajstić information content (AvgIpc) is 2.56. The van der Waals surface area contributed by atoms with Crippen molar-refractivity contribution in [3.05, 3.63) is 64.7 Å². The molecule has 0 radical (unpaired) electrons. The molecule has 2 rings (SSSR count). The van der Waals surface area contributed by atoms with Gasteiger partial charge in [-0.2, -0.15) is 11.8 Å². The maximum absolute atomic E-state index is 11.8. The highest BCUT2D eigenvalue weighted by Crippen LogP contribution is 2.16. The van der Waals surface area contributed by atoms with E-state index in [-0.39, 0.29) is 12.5 Å². The van der Waals surface area contributed by atoms with Crippen molar-refractivity contribution in [2.45, 2.75) is 26.5 Å². The Balaban J connectivity index is 1.60. The Labute approximate surface area is 148 Å². The van der Waals surface area contributed by atoms with Crippen molar-refractivity contribution in [1.82, 2.24) is 5.32 Å². The Bertz CT molecular complexity index is 685. The van der Waals surface area contributed by atoms with Crippen molar-refractivity contribution >= 4 is 17.7 Å². The van der Waals surface area contributed by atoms with Gasteiger partial charge in [-0.3, -0.25) is 4.79 Å². The number of amides is 1. The van der Waals surface area contributed by atoms with Gasteiger partial charge in [-0.15, -0.1) is 0 Å². The third kappa shape index (κ3) is 6.28. The van der Waals surface area contributed by atoms with E-state index >= 15 is 0 Å². The molecule has 0 saturated heterocycles. The zero-order chi connectivity index (χ0) is 17.4. The summed E-state index contributed by atoms with van der Waals surface area (Å²) in [4.78, 5) is 11.8. The zero-order valence-corrected chi connectivity index (χ0v) is 15.4. The Kier molecular flexibility index (Phi) is 7.19. The molecule has 2 aromatic rings. The van der Waals surface area contributed by atoms with Crippen LogP contribution < -0.4 is 10.1 Å². The smallest absolute Gasteiger partial charge is 0.257 e. The SMILES string of the molecule is Cc1cccc(CSCCNC(=O)COc2ccc(C)c(C)c2)c1. The van der Waals surface area contributed by atoms with Gasteiger partial charge < -0.3 is 10.1 Å². The second-order valence-corrected chi connectivity index (χ2v) is 7.03. The molecule has 0 fully saturated rings. The standard InChI is InChI=1S/C20H25NO2S/c1-15-5-4-6-18(11-15)14-24-10-9-21-20(22)13-23-19-8-7-16(2)17(3)12-19/h4-8,11-12H,9-10,13-14H2,1-3H3,(H,21,22). The first-order chi connectivity index (χ1) is 11.5. The topological polar surface area (TPSA) is 38.3 Å². The van der Waals surface area contributed by atoms with Crippen LogP contribution in [0.5, 0.6) is 5.75 Å². The highest BCUT2D eigenvalue weighted by atomic mass is 32.2. The Morgan fingerprint density at radius 1 is 1.08 bits per heavy atom. The van der Waals surface area contributed by atoms with Crippen molar-refractivity contribution in [2.24, 2.45) is 0 Å². The normalized spacial score (nSPS) is 10.5. The summed E-state index contributed by atoms with van der Waals surface area (Å²) in [5.74, 6) is 2.52. The second-order valence-electron chi connectivity index (χ2n) is 5.93. The van der Waals surface area contributed by atoms with E-state index in [1.807, 2.05) is 36.9 Å². The van der Waals surface area contributed by atoms with Crippen LogP contribution >= 0.6 is 11.8 Å². The minimum absolute atomic E-state index is 0.0606. The highest BCUT2D eigenvalue weighted by Gasteiger charge is 2.03. The van der Waals surface area contributed by atoms with Gasteiger partial charge in [-0.05, 0) is 49.6 Å². The van der Waals surface area contributed by atoms with Gasteiger partial charge in [0.25, 0.3) is 5.91 Å². The minimum Gasteiger partial charge on any atom is -0.484 e. The largest absolute Gasteiger partial charge is 0.484 e. The molecule has 0 aromatic heterocycles. The lowest BCUT2D eigenvalue weighted by Gasteiger charge is -2.09. The number of ether oxygens (including phenoxy) is 1. The van der Waals surface area contributed by atoms with Crippen LogP contribution in [0.4, 0.5) is 0 Å². The molecule has 1 N–H and O–H groups in total. The fourth-order valence-corrected chi connectivity index (χ4v) is 3.06. The number of benzene rings is 2. The fourth-order valence-electron chi connectivity index (χ4n) is 2.26. The predicted molar refractivity (Wildman–Crippen MR) is 102 cm³/mol. The van der Waals surface area contributed by atoms with Crippen molar-refractivity contribution in [1.29, 1.82) is 0 Å². The monoisotopic (exact) mass is 343 g/mol. The lowest BCUT2D eigenvalue weighted by atomic mass is 10.1. The summed E-state index contributed by atoms with van der Waals surface area (Å²) in [5, 5.41) is 2.89. The number of nitrogens with one attached hydrogen (secondary N) is 1. The highest BCUT2D eigenvalue weighted by molar-refractivity contribution is 7.98. The lowest BCUT2D eigenvalue weighted by Crippen LogP contribution is -2.30. The summed E-state index contributed by atoms with van der Waals surface area (Å²) in [6.45, 7) is 6.91. The van der Waals surface area contributed by atoms with Crippen LogP contribution in [0.25, 0.3) is 0 Å². The van der Waals surface area contributed by atoms with E-state index in [1.54, 1.807) is 0 Å². The Morgan fingerprint density at radius 2 is 1.92 bits per heavy atom. The Hall–Kier alpha value is -1.94. The molecule has 0 aliphatic heterocycles. The number of carbonyl (C=O) groups is 1. The number of carbonyl (C=O) groups excluding carboxylic acids is 1. The van der Waals surface area contributed by atoms with E-state index in [1.165, 1.54) is 22.3 Å². The summed E-state index contributed by atoms with van der Waals surface area (Å²) in [7, 11) is 0. The van der Waals surface area contributed by atoms with E-state index < -0.39 is 0 Å². The lowest BCUT2D eigenvalue weighted by molar-refractivity contribution is -0.122. The molecule has 128 valence electrons. The van der Waals surface area contributed by atoms with Crippen LogP contribution in [0.2, 0.25) is 0 Å². The number of aryl methyl sites for hydroxylation is 3. The summed E-state index contributed by atoms with van der Waals surface area (Å²) in [5.41, 5.74) is 4.99. The van der Waals surface area contributed by atoms with Crippen LogP contribution in [-0.2, 0) is 10.5 Å². The summed E-state index contributed by atoms with van der Waals surface area (Å²) in [6, 6.07) is 14.4. The first-order valence-electron chi connectivity index (χ1n) is 8.14. The van der Waals surface area contributed by atoms with Crippen molar-refractivity contribution in [3.63, 3.8) is 0 Å². The number of hydrogen-bond acceptors (Lipinski definition) is 3. The molecule has 0 bridgehead atoms. The van der Waals surface area contributed by atoms with E-state index in [9.17, 15) is 4.79 Å². The van der Waals surface area contributed by atoms with Crippen LogP contribution in [0.15, 0.2) is 42.5 Å². The third-order valence-corrected chi connectivity index (χ3v) is 4.80. The Morgan fingerprint density at radius 3 is 2.67 bits per heavy atom. The van der Waals surface area contributed by atoms with Crippen molar-refractivity contribution in [2.75, 3.05) is 18.9 Å². The quantitative estimate of drug-likeness (QED) is 0.735. The summed E-state index contributed by atoms with van der Waals surface area (Å²) < 4.78 is 5.52. The van der Waals surface area contributed by atoms with E-state index in [0.717, 1.165) is 17.3 Å². The number of rotatable bonds is 8. The van der Waals surface area contributed by atoms with Gasteiger partial charge in [-0.25, -0.2) is 0 Å². The zero-order valence-electron chi connectivity index (χ0n) is 14.6. The molecule has 0 saturated carbocycles. The molecule has 0 spiro atoms. The van der Waals surface area contributed by atoms with Crippen molar-refractivity contribution < 1.29 is 9.53 Å². The molecule has 0 atom stereocenters. The first-order valence-corrected chi connectivity index (χ1v) is 9.30. The van der Waals surface area contributed by atoms with Gasteiger partial charge in [0, 0.05) is 18.1 Å². The molecule has 3 nitrogen and oxygen atoms in total. The van der Waals surface area contributed by atoms with Crippen LogP contribution in [-0.4, -0.2) is 24.8 Å². The van der Waals surface area contributed by atoms with E-state index in [2.05, 4.69) is 43.4 Å². The molecule has 0 unspecified atom stereocenters. The molecule has 4 heteroatoms. The van der Waals surface area contributed by atoms with Gasteiger partial charge in [0.15, 0.2) is 6.61 Å².